The zero-order chi connectivity index (χ0) is 55.7. The highest BCUT2D eigenvalue weighted by Crippen LogP contribution is 2.17. The van der Waals surface area contributed by atoms with E-state index in [1.54, 1.807) is 0 Å². The Morgan fingerprint density at radius 1 is 0.273 bits per heavy atom. The number of allylic oxidation sites excluding steroid dienone is 14. The van der Waals surface area contributed by atoms with Gasteiger partial charge in [-0.3, -0.25) is 14.4 Å². The molecule has 0 saturated heterocycles. The van der Waals surface area contributed by atoms with E-state index in [4.69, 9.17) is 14.2 Å². The van der Waals surface area contributed by atoms with Crippen LogP contribution >= 0.6 is 0 Å². The maximum Gasteiger partial charge on any atom is 0.306 e. The lowest BCUT2D eigenvalue weighted by Crippen LogP contribution is -2.30. The Morgan fingerprint density at radius 3 is 0.831 bits per heavy atom. The molecule has 0 aromatic carbocycles. The van der Waals surface area contributed by atoms with Gasteiger partial charge in [0.25, 0.3) is 0 Å². The first-order valence-electron chi connectivity index (χ1n) is 33.1. The third-order valence-electron chi connectivity index (χ3n) is 14.4. The minimum atomic E-state index is -0.783. The molecular weight excluding hydrogens is 949 g/mol. The topological polar surface area (TPSA) is 78.9 Å². The molecular formula is C71H124O6. The SMILES string of the molecule is CC/C=C\C/C=C\C/C=C\C/C=C\C/C=C\CCCCCCCCCCCCCC(=O)OCC(COC(=O)CCCCCCC/C=C\C/C=C\CCCC)OC(=O)CCCCCCCCCCCCCCCCCCCC. The van der Waals surface area contributed by atoms with Crippen LogP contribution in [0.15, 0.2) is 85.1 Å². The highest BCUT2D eigenvalue weighted by Gasteiger charge is 2.19. The smallest absolute Gasteiger partial charge is 0.306 e. The summed E-state index contributed by atoms with van der Waals surface area (Å²) in [5, 5.41) is 0. The standard InChI is InChI=1S/C71H124O6/c1-4-7-10-13-16-19-22-25-28-30-32-33-34-35-36-37-38-39-40-42-43-46-49-52-55-58-61-64-70(73)76-67-68(66-75-69(72)63-60-57-54-51-48-45-27-24-21-18-15-12-9-6-3)77-71(74)65-62-59-56-53-50-47-44-41-31-29-26-23-20-17-14-11-8-5-2/h7,10,15-16,18-19,24-25,27-28,32-33,35-36,68H,4-6,8-9,11-14,17,20-23,26,29-31,34,37-67H2,1-3H3/b10-7-,18-15-,19-16-,27-24-,28-25-,33-32-,36-35-. The summed E-state index contributed by atoms with van der Waals surface area (Å²) in [6, 6.07) is 0. The summed E-state index contributed by atoms with van der Waals surface area (Å²) in [5.74, 6) is -0.880. The number of unbranched alkanes of at least 4 members (excludes halogenated alkanes) is 35. The predicted octanol–water partition coefficient (Wildman–Crippen LogP) is 22.7. The molecule has 6 nitrogen and oxygen atoms in total. The summed E-state index contributed by atoms with van der Waals surface area (Å²) in [6.45, 7) is 6.51. The molecule has 77 heavy (non-hydrogen) atoms. The average molecular weight is 1070 g/mol. The minimum absolute atomic E-state index is 0.0794. The van der Waals surface area contributed by atoms with Crippen molar-refractivity contribution in [3.8, 4) is 0 Å². The second-order valence-corrected chi connectivity index (χ2v) is 22.0. The number of hydrogen-bond donors (Lipinski definition) is 0. The lowest BCUT2D eigenvalue weighted by Gasteiger charge is -2.18. The number of esters is 3. The molecule has 0 aromatic heterocycles. The summed E-state index contributed by atoms with van der Waals surface area (Å²) in [4.78, 5) is 38.3. The molecule has 0 bridgehead atoms. The summed E-state index contributed by atoms with van der Waals surface area (Å²) in [6.07, 6.45) is 85.9. The van der Waals surface area contributed by atoms with Gasteiger partial charge in [-0.25, -0.2) is 0 Å². The molecule has 0 aromatic rings. The van der Waals surface area contributed by atoms with E-state index in [1.165, 1.54) is 180 Å². The molecule has 0 spiro atoms. The summed E-state index contributed by atoms with van der Waals surface area (Å²) in [5.41, 5.74) is 0. The van der Waals surface area contributed by atoms with Crippen LogP contribution in [0.2, 0.25) is 0 Å². The van der Waals surface area contributed by atoms with Gasteiger partial charge in [0, 0.05) is 19.3 Å². The lowest BCUT2D eigenvalue weighted by molar-refractivity contribution is -0.167. The van der Waals surface area contributed by atoms with Gasteiger partial charge in [-0.05, 0) is 89.9 Å². The monoisotopic (exact) mass is 1070 g/mol. The van der Waals surface area contributed by atoms with Gasteiger partial charge in [0.1, 0.15) is 13.2 Å². The number of rotatable bonds is 60. The van der Waals surface area contributed by atoms with E-state index in [9.17, 15) is 14.4 Å². The Labute approximate surface area is 477 Å². The van der Waals surface area contributed by atoms with E-state index in [0.717, 1.165) is 109 Å². The largest absolute Gasteiger partial charge is 0.462 e. The van der Waals surface area contributed by atoms with E-state index in [0.29, 0.717) is 19.3 Å². The van der Waals surface area contributed by atoms with Crippen molar-refractivity contribution in [2.24, 2.45) is 0 Å². The Bertz CT molecular complexity index is 1470. The lowest BCUT2D eigenvalue weighted by atomic mass is 10.0. The van der Waals surface area contributed by atoms with Crippen molar-refractivity contribution < 1.29 is 28.6 Å². The van der Waals surface area contributed by atoms with Crippen LogP contribution in [0.4, 0.5) is 0 Å². The third kappa shape index (κ3) is 63.3. The van der Waals surface area contributed by atoms with Gasteiger partial charge in [0.2, 0.25) is 0 Å². The molecule has 0 aliphatic heterocycles. The van der Waals surface area contributed by atoms with Crippen LogP contribution in [0.3, 0.4) is 0 Å². The third-order valence-corrected chi connectivity index (χ3v) is 14.4. The van der Waals surface area contributed by atoms with Gasteiger partial charge in [-0.2, -0.15) is 0 Å². The van der Waals surface area contributed by atoms with Crippen molar-refractivity contribution in [3.05, 3.63) is 85.1 Å². The molecule has 0 heterocycles. The predicted molar refractivity (Wildman–Crippen MR) is 334 cm³/mol. The van der Waals surface area contributed by atoms with E-state index in [2.05, 4.69) is 106 Å². The van der Waals surface area contributed by atoms with Gasteiger partial charge >= 0.3 is 17.9 Å². The Kier molecular flexibility index (Phi) is 62.2. The summed E-state index contributed by atoms with van der Waals surface area (Å²) >= 11 is 0. The van der Waals surface area contributed by atoms with Crippen molar-refractivity contribution in [3.63, 3.8) is 0 Å². The van der Waals surface area contributed by atoms with Crippen molar-refractivity contribution in [1.29, 1.82) is 0 Å². The van der Waals surface area contributed by atoms with Gasteiger partial charge in [0.15, 0.2) is 6.10 Å². The van der Waals surface area contributed by atoms with Crippen LogP contribution in [0.5, 0.6) is 0 Å². The average Bonchev–Trinajstić information content (AvgIpc) is 3.43. The second kappa shape index (κ2) is 65.1. The molecule has 1 atom stereocenters. The highest BCUT2D eigenvalue weighted by molar-refractivity contribution is 5.71. The first-order valence-corrected chi connectivity index (χ1v) is 33.1. The van der Waals surface area contributed by atoms with E-state index >= 15 is 0 Å². The van der Waals surface area contributed by atoms with Gasteiger partial charge in [-0.1, -0.05) is 305 Å². The van der Waals surface area contributed by atoms with E-state index < -0.39 is 6.10 Å². The Morgan fingerprint density at radius 2 is 0.519 bits per heavy atom. The number of hydrogen-bond acceptors (Lipinski definition) is 6. The molecule has 1 unspecified atom stereocenters. The number of carbonyl (C=O) groups excluding carboxylic acids is 3. The normalized spacial score (nSPS) is 12.6. The summed E-state index contributed by atoms with van der Waals surface area (Å²) in [7, 11) is 0. The fourth-order valence-corrected chi connectivity index (χ4v) is 9.43. The van der Waals surface area contributed by atoms with Crippen molar-refractivity contribution in [2.45, 2.75) is 335 Å². The maximum atomic E-state index is 12.9. The molecule has 0 saturated carbocycles. The first-order chi connectivity index (χ1) is 38.0. The van der Waals surface area contributed by atoms with Crippen LogP contribution in [0, 0.1) is 0 Å². The van der Waals surface area contributed by atoms with Crippen LogP contribution in [-0.4, -0.2) is 37.2 Å². The zero-order valence-electron chi connectivity index (χ0n) is 51.0. The molecule has 0 amide bonds. The van der Waals surface area contributed by atoms with Crippen molar-refractivity contribution >= 4 is 17.9 Å². The van der Waals surface area contributed by atoms with Crippen LogP contribution in [0.1, 0.15) is 329 Å². The number of ether oxygens (including phenoxy) is 3. The number of carbonyl (C=O) groups is 3. The fourth-order valence-electron chi connectivity index (χ4n) is 9.43. The molecule has 0 rings (SSSR count). The summed E-state index contributed by atoms with van der Waals surface area (Å²) < 4.78 is 16.9. The van der Waals surface area contributed by atoms with Gasteiger partial charge < -0.3 is 14.2 Å². The van der Waals surface area contributed by atoms with Crippen molar-refractivity contribution in [2.75, 3.05) is 13.2 Å². The van der Waals surface area contributed by atoms with Crippen LogP contribution in [-0.2, 0) is 28.6 Å². The van der Waals surface area contributed by atoms with Gasteiger partial charge in [-0.15, -0.1) is 0 Å². The highest BCUT2D eigenvalue weighted by atomic mass is 16.6. The molecule has 6 heteroatoms. The van der Waals surface area contributed by atoms with Crippen molar-refractivity contribution in [1.82, 2.24) is 0 Å². The minimum Gasteiger partial charge on any atom is -0.462 e. The molecule has 0 aliphatic carbocycles. The zero-order valence-corrected chi connectivity index (χ0v) is 51.0. The van der Waals surface area contributed by atoms with Crippen LogP contribution in [0.25, 0.3) is 0 Å². The maximum absolute atomic E-state index is 12.9. The Hall–Kier alpha value is -3.41. The van der Waals surface area contributed by atoms with Gasteiger partial charge in [0.05, 0.1) is 0 Å². The fraction of sp³-hybridized carbons (Fsp3) is 0.761. The molecule has 0 fully saturated rings. The second-order valence-electron chi connectivity index (χ2n) is 22.0. The molecule has 0 aliphatic rings. The molecule has 444 valence electrons. The quantitative estimate of drug-likeness (QED) is 0.0261. The molecule has 0 radical (unpaired) electrons. The molecule has 0 N–H and O–H groups in total. The first kappa shape index (κ1) is 73.6. The van der Waals surface area contributed by atoms with E-state index in [1.807, 2.05) is 0 Å². The van der Waals surface area contributed by atoms with E-state index in [-0.39, 0.29) is 31.1 Å². The Balaban J connectivity index is 4.30. The van der Waals surface area contributed by atoms with Crippen LogP contribution < -0.4 is 0 Å².